The number of Topliss-reactive ketones (excluding diaryl/α,β-unsaturated/α-hetero) is 1. The van der Waals surface area contributed by atoms with E-state index in [1.54, 1.807) is 0 Å². The van der Waals surface area contributed by atoms with Crippen LogP contribution in [0.4, 0.5) is 0 Å². The maximum Gasteiger partial charge on any atom is 0.231 e. The molecule has 0 saturated heterocycles. The summed E-state index contributed by atoms with van der Waals surface area (Å²) in [6, 6.07) is 21.4. The van der Waals surface area contributed by atoms with Crippen LogP contribution in [0.5, 0.6) is 23.0 Å². The average Bonchev–Trinajstić information content (AvgIpc) is 3.32. The zero-order valence-electron chi connectivity index (χ0n) is 19.7. The Labute approximate surface area is 200 Å². The van der Waals surface area contributed by atoms with Gasteiger partial charge in [-0.2, -0.15) is 0 Å². The third-order valence-corrected chi connectivity index (χ3v) is 6.35. The molecule has 0 aliphatic carbocycles. The van der Waals surface area contributed by atoms with Crippen LogP contribution in [0.15, 0.2) is 66.7 Å². The van der Waals surface area contributed by atoms with E-state index in [2.05, 4.69) is 31.1 Å². The van der Waals surface area contributed by atoms with Crippen LogP contribution in [0, 0.1) is 5.92 Å². The summed E-state index contributed by atoms with van der Waals surface area (Å²) in [6.45, 7) is 3.00. The summed E-state index contributed by atoms with van der Waals surface area (Å²) >= 11 is 0. The van der Waals surface area contributed by atoms with Gasteiger partial charge in [0.2, 0.25) is 6.79 Å². The fourth-order valence-electron chi connectivity index (χ4n) is 4.45. The van der Waals surface area contributed by atoms with Crippen LogP contribution in [-0.4, -0.2) is 38.1 Å². The lowest BCUT2D eigenvalue weighted by molar-refractivity contribution is 0.0687. The van der Waals surface area contributed by atoms with E-state index in [1.807, 2.05) is 61.5 Å². The second-order valence-electron chi connectivity index (χ2n) is 9.07. The summed E-state index contributed by atoms with van der Waals surface area (Å²) in [5, 5.41) is 0. The van der Waals surface area contributed by atoms with Crippen molar-refractivity contribution in [2.75, 3.05) is 27.4 Å². The highest BCUT2D eigenvalue weighted by molar-refractivity contribution is 6.01. The van der Waals surface area contributed by atoms with Crippen molar-refractivity contribution in [2.45, 2.75) is 25.6 Å². The Morgan fingerprint density at radius 1 is 0.971 bits per heavy atom. The van der Waals surface area contributed by atoms with Crippen molar-refractivity contribution >= 4 is 5.78 Å². The molecule has 6 nitrogen and oxygen atoms in total. The molecule has 34 heavy (non-hydrogen) atoms. The highest BCUT2D eigenvalue weighted by atomic mass is 16.7. The monoisotopic (exact) mass is 459 g/mol. The number of benzene rings is 3. The second kappa shape index (κ2) is 9.39. The summed E-state index contributed by atoms with van der Waals surface area (Å²) in [4.78, 5) is 15.3. The van der Waals surface area contributed by atoms with Gasteiger partial charge in [-0.25, -0.2) is 0 Å². The van der Waals surface area contributed by atoms with E-state index in [0.717, 1.165) is 24.1 Å². The van der Waals surface area contributed by atoms with E-state index in [4.69, 9.17) is 18.9 Å². The van der Waals surface area contributed by atoms with Crippen molar-refractivity contribution < 1.29 is 23.7 Å². The van der Waals surface area contributed by atoms with Gasteiger partial charge in [-0.15, -0.1) is 0 Å². The molecule has 3 atom stereocenters. The average molecular weight is 460 g/mol. The molecule has 0 amide bonds. The quantitative estimate of drug-likeness (QED) is 0.469. The van der Waals surface area contributed by atoms with Gasteiger partial charge < -0.3 is 23.8 Å². The Hall–Kier alpha value is -3.51. The molecule has 0 saturated carbocycles. The molecule has 0 N–H and O–H groups in total. The van der Waals surface area contributed by atoms with Gasteiger partial charge in [0.15, 0.2) is 17.3 Å². The van der Waals surface area contributed by atoms with Crippen LogP contribution in [-0.2, 0) is 0 Å². The molecule has 2 heterocycles. The van der Waals surface area contributed by atoms with Crippen LogP contribution in [0.25, 0.3) is 0 Å². The van der Waals surface area contributed by atoms with Gasteiger partial charge in [-0.1, -0.05) is 43.3 Å². The van der Waals surface area contributed by atoms with E-state index in [9.17, 15) is 4.79 Å². The number of hydrogen-bond acceptors (Lipinski definition) is 6. The molecule has 5 rings (SSSR count). The van der Waals surface area contributed by atoms with E-state index in [0.29, 0.717) is 28.6 Å². The molecule has 3 aromatic rings. The first-order chi connectivity index (χ1) is 16.5. The fraction of sp³-hybridized carbons (Fsp3) is 0.321. The topological polar surface area (TPSA) is 57.2 Å². The number of rotatable bonds is 7. The predicted octanol–water partition coefficient (Wildman–Crippen LogP) is 5.44. The minimum atomic E-state index is -0.414. The molecule has 176 valence electrons. The zero-order chi connectivity index (χ0) is 23.7. The van der Waals surface area contributed by atoms with Crippen molar-refractivity contribution in [3.8, 4) is 23.0 Å². The first-order valence-corrected chi connectivity index (χ1v) is 11.6. The molecule has 0 spiro atoms. The van der Waals surface area contributed by atoms with Gasteiger partial charge in [0.1, 0.15) is 23.7 Å². The maximum atomic E-state index is 13.2. The van der Waals surface area contributed by atoms with Crippen LogP contribution in [0.2, 0.25) is 0 Å². The Kier molecular flexibility index (Phi) is 6.16. The first-order valence-electron chi connectivity index (χ1n) is 11.6. The van der Waals surface area contributed by atoms with Crippen LogP contribution >= 0.6 is 0 Å². The molecular formula is C28H29NO5. The van der Waals surface area contributed by atoms with E-state index < -0.39 is 6.10 Å². The Balaban J connectivity index is 1.41. The largest absolute Gasteiger partial charge is 0.486 e. The molecule has 2 aliphatic heterocycles. The van der Waals surface area contributed by atoms with E-state index >= 15 is 0 Å². The van der Waals surface area contributed by atoms with Crippen LogP contribution in [0.1, 0.15) is 47.0 Å². The minimum absolute atomic E-state index is 0.0580. The van der Waals surface area contributed by atoms with Crippen LogP contribution < -0.4 is 18.9 Å². The lowest BCUT2D eigenvalue weighted by atomic mass is 9.87. The number of fused-ring (bicyclic) bond motifs is 2. The summed E-state index contributed by atoms with van der Waals surface area (Å²) in [5.74, 6) is 2.34. The third-order valence-electron chi connectivity index (χ3n) is 6.35. The van der Waals surface area contributed by atoms with Gasteiger partial charge in [0, 0.05) is 19.0 Å². The highest BCUT2D eigenvalue weighted by Crippen LogP contribution is 2.43. The fourth-order valence-corrected chi connectivity index (χ4v) is 4.45. The smallest absolute Gasteiger partial charge is 0.231 e. The lowest BCUT2D eigenvalue weighted by Crippen LogP contribution is -2.29. The number of hydrogen-bond donors (Lipinski definition) is 0. The van der Waals surface area contributed by atoms with Crippen LogP contribution in [0.3, 0.4) is 0 Å². The summed E-state index contributed by atoms with van der Waals surface area (Å²) in [5.41, 5.74) is 2.59. The molecule has 6 heteroatoms. The predicted molar refractivity (Wildman–Crippen MR) is 129 cm³/mol. The van der Waals surface area contributed by atoms with Gasteiger partial charge >= 0.3 is 0 Å². The molecule has 0 radical (unpaired) electrons. The summed E-state index contributed by atoms with van der Waals surface area (Å²) in [6.07, 6.45) is 0.318. The molecule has 3 aromatic carbocycles. The number of ketones is 1. The number of ether oxygens (including phenoxy) is 4. The van der Waals surface area contributed by atoms with E-state index in [-0.39, 0.29) is 24.6 Å². The molecule has 0 aromatic heterocycles. The summed E-state index contributed by atoms with van der Waals surface area (Å²) < 4.78 is 23.7. The van der Waals surface area contributed by atoms with Gasteiger partial charge in [0.05, 0.1) is 11.5 Å². The summed E-state index contributed by atoms with van der Waals surface area (Å²) in [7, 11) is 4.11. The number of nitrogens with zero attached hydrogens (tertiary/aromatic N) is 1. The van der Waals surface area contributed by atoms with Crippen molar-refractivity contribution in [1.82, 2.24) is 4.90 Å². The lowest BCUT2D eigenvalue weighted by Gasteiger charge is -2.31. The van der Waals surface area contributed by atoms with Crippen molar-refractivity contribution in [2.24, 2.45) is 5.92 Å². The molecular weight excluding hydrogens is 430 g/mol. The Bertz CT molecular complexity index is 1180. The first kappa shape index (κ1) is 22.3. The molecule has 3 unspecified atom stereocenters. The van der Waals surface area contributed by atoms with Gasteiger partial charge in [-0.05, 0) is 49.5 Å². The van der Waals surface area contributed by atoms with Crippen molar-refractivity contribution in [1.29, 1.82) is 0 Å². The third kappa shape index (κ3) is 4.46. The second-order valence-corrected chi connectivity index (χ2v) is 9.07. The van der Waals surface area contributed by atoms with Crippen molar-refractivity contribution in [3.05, 3.63) is 83.4 Å². The highest BCUT2D eigenvalue weighted by Gasteiger charge is 2.36. The zero-order valence-corrected chi connectivity index (χ0v) is 19.7. The standard InChI is InChI=1S/C28H29NO5/c1-18-27(30)22-11-10-21(33-23(13-14-29(2)3)19-7-5-4-6-8-19)16-25(22)34-28(18)20-9-12-24-26(15-20)32-17-31-24/h4-12,15-16,18,23,28H,13-14,17H2,1-3H3. The number of carbonyl (C=O) groups excluding carboxylic acids is 1. The van der Waals surface area contributed by atoms with Gasteiger partial charge in [-0.3, -0.25) is 4.79 Å². The normalized spacial score (nSPS) is 19.5. The Morgan fingerprint density at radius 2 is 1.76 bits per heavy atom. The maximum absolute atomic E-state index is 13.2. The molecule has 0 bridgehead atoms. The molecule has 0 fully saturated rings. The Morgan fingerprint density at radius 3 is 2.56 bits per heavy atom. The SMILES string of the molecule is CC1C(=O)c2ccc(OC(CCN(C)C)c3ccccc3)cc2OC1c1ccc2c(c1)OCO2. The molecule has 2 aliphatic rings. The van der Waals surface area contributed by atoms with Crippen molar-refractivity contribution in [3.63, 3.8) is 0 Å². The van der Waals surface area contributed by atoms with E-state index in [1.165, 1.54) is 0 Å². The number of carbonyl (C=O) groups is 1. The minimum Gasteiger partial charge on any atom is -0.486 e. The van der Waals surface area contributed by atoms with Gasteiger partial charge in [0.25, 0.3) is 0 Å².